The molecule has 1 aliphatic heterocycles. The Hall–Kier alpha value is -2.96. The number of aryl methyl sites for hydroxylation is 1. The highest BCUT2D eigenvalue weighted by Crippen LogP contribution is 2.43. The molecule has 2 aromatic heterocycles. The molecule has 1 fully saturated rings. The molecule has 3 heterocycles. The van der Waals surface area contributed by atoms with E-state index in [0.29, 0.717) is 29.8 Å². The standard InChI is InChI=1S/C19H19N5O2/c1-2-23-10-9-14(22-23)19(25)24-15-6-4-3-5-13(15)11-16(24)18-21-20-17(26-18)12-7-8-12/h3-6,9-10,12,16H,2,7-8,11H2,1H3. The SMILES string of the molecule is CCn1ccc(C(=O)N2c3ccccc3CC2c2nnc(C3CC3)o2)n1. The van der Waals surface area contributed by atoms with Gasteiger partial charge in [0.1, 0.15) is 6.04 Å². The van der Waals surface area contributed by atoms with Crippen LogP contribution in [0.15, 0.2) is 40.9 Å². The summed E-state index contributed by atoms with van der Waals surface area (Å²) in [6.45, 7) is 2.72. The molecular formula is C19H19N5O2. The number of rotatable bonds is 4. The van der Waals surface area contributed by atoms with E-state index in [1.807, 2.05) is 37.4 Å². The number of benzene rings is 1. The first-order chi connectivity index (χ1) is 12.7. The van der Waals surface area contributed by atoms with Crippen molar-refractivity contribution in [1.29, 1.82) is 0 Å². The normalized spacial score (nSPS) is 19.0. The topological polar surface area (TPSA) is 77.0 Å². The van der Waals surface area contributed by atoms with Crippen molar-refractivity contribution >= 4 is 11.6 Å². The molecular weight excluding hydrogens is 330 g/mol. The molecule has 1 saturated carbocycles. The van der Waals surface area contributed by atoms with Gasteiger partial charge >= 0.3 is 0 Å². The Bertz CT molecular complexity index is 972. The fourth-order valence-corrected chi connectivity index (χ4v) is 3.49. The smallest absolute Gasteiger partial charge is 0.279 e. The molecule has 26 heavy (non-hydrogen) atoms. The first-order valence-electron chi connectivity index (χ1n) is 9.03. The summed E-state index contributed by atoms with van der Waals surface area (Å²) < 4.78 is 7.68. The van der Waals surface area contributed by atoms with Gasteiger partial charge < -0.3 is 4.42 Å². The quantitative estimate of drug-likeness (QED) is 0.723. The lowest BCUT2D eigenvalue weighted by molar-refractivity contribution is 0.0970. The van der Waals surface area contributed by atoms with E-state index in [0.717, 1.165) is 30.6 Å². The van der Waals surface area contributed by atoms with Gasteiger partial charge in [-0.3, -0.25) is 14.4 Å². The van der Waals surface area contributed by atoms with Crippen molar-refractivity contribution in [3.05, 3.63) is 59.6 Å². The summed E-state index contributed by atoms with van der Waals surface area (Å²) in [6, 6.07) is 9.40. The van der Waals surface area contributed by atoms with E-state index in [1.54, 1.807) is 15.6 Å². The maximum Gasteiger partial charge on any atom is 0.279 e. The lowest BCUT2D eigenvalue weighted by atomic mass is 10.1. The van der Waals surface area contributed by atoms with Crippen LogP contribution in [-0.4, -0.2) is 25.9 Å². The molecule has 7 nitrogen and oxygen atoms in total. The lowest BCUT2D eigenvalue weighted by Gasteiger charge is -2.22. The van der Waals surface area contributed by atoms with Crippen LogP contribution in [0, 0.1) is 0 Å². The monoisotopic (exact) mass is 349 g/mol. The van der Waals surface area contributed by atoms with Crippen LogP contribution in [-0.2, 0) is 13.0 Å². The van der Waals surface area contributed by atoms with Crippen LogP contribution < -0.4 is 4.90 Å². The molecule has 0 N–H and O–H groups in total. The first kappa shape index (κ1) is 15.3. The summed E-state index contributed by atoms with van der Waals surface area (Å²) in [7, 11) is 0. The van der Waals surface area contributed by atoms with Crippen molar-refractivity contribution in [3.8, 4) is 0 Å². The van der Waals surface area contributed by atoms with Gasteiger partial charge in [0.2, 0.25) is 11.8 Å². The highest BCUT2D eigenvalue weighted by Gasteiger charge is 2.40. The molecule has 0 bridgehead atoms. The van der Waals surface area contributed by atoms with Gasteiger partial charge in [0.25, 0.3) is 5.91 Å². The average molecular weight is 349 g/mol. The Morgan fingerprint density at radius 3 is 2.77 bits per heavy atom. The van der Waals surface area contributed by atoms with Gasteiger partial charge in [-0.2, -0.15) is 5.10 Å². The lowest BCUT2D eigenvalue weighted by Crippen LogP contribution is -2.32. The van der Waals surface area contributed by atoms with E-state index >= 15 is 0 Å². The van der Waals surface area contributed by atoms with Gasteiger partial charge in [-0.1, -0.05) is 18.2 Å². The Morgan fingerprint density at radius 1 is 1.19 bits per heavy atom. The molecule has 2 aliphatic rings. The summed E-state index contributed by atoms with van der Waals surface area (Å²) in [5.41, 5.74) is 2.42. The minimum atomic E-state index is -0.285. The second-order valence-corrected chi connectivity index (χ2v) is 6.83. The molecule has 3 aromatic rings. The first-order valence-corrected chi connectivity index (χ1v) is 9.03. The highest BCUT2D eigenvalue weighted by molar-refractivity contribution is 6.06. The Labute approximate surface area is 150 Å². The number of amides is 1. The molecule has 1 amide bonds. The highest BCUT2D eigenvalue weighted by atomic mass is 16.4. The fourth-order valence-electron chi connectivity index (χ4n) is 3.49. The maximum absolute atomic E-state index is 13.2. The van der Waals surface area contributed by atoms with E-state index in [4.69, 9.17) is 4.42 Å². The van der Waals surface area contributed by atoms with Crippen molar-refractivity contribution < 1.29 is 9.21 Å². The number of carbonyl (C=O) groups is 1. The van der Waals surface area contributed by atoms with Gasteiger partial charge in [0, 0.05) is 30.8 Å². The zero-order valence-electron chi connectivity index (χ0n) is 14.5. The van der Waals surface area contributed by atoms with Gasteiger partial charge in [-0.15, -0.1) is 10.2 Å². The van der Waals surface area contributed by atoms with E-state index < -0.39 is 0 Å². The van der Waals surface area contributed by atoms with Crippen LogP contribution in [0.25, 0.3) is 0 Å². The van der Waals surface area contributed by atoms with E-state index in [1.165, 1.54) is 0 Å². The van der Waals surface area contributed by atoms with Crippen LogP contribution in [0.4, 0.5) is 5.69 Å². The molecule has 5 rings (SSSR count). The van der Waals surface area contributed by atoms with E-state index in [-0.39, 0.29) is 11.9 Å². The molecule has 7 heteroatoms. The zero-order valence-corrected chi connectivity index (χ0v) is 14.5. The van der Waals surface area contributed by atoms with E-state index in [9.17, 15) is 4.79 Å². The van der Waals surface area contributed by atoms with Gasteiger partial charge in [-0.25, -0.2) is 0 Å². The van der Waals surface area contributed by atoms with Crippen LogP contribution in [0.5, 0.6) is 0 Å². The third-order valence-corrected chi connectivity index (χ3v) is 5.05. The minimum Gasteiger partial charge on any atom is -0.423 e. The third kappa shape index (κ3) is 2.42. The van der Waals surface area contributed by atoms with Crippen molar-refractivity contribution in [2.75, 3.05) is 4.90 Å². The molecule has 0 saturated heterocycles. The van der Waals surface area contributed by atoms with Crippen LogP contribution in [0.1, 0.15) is 59.6 Å². The second kappa shape index (κ2) is 5.79. The second-order valence-electron chi connectivity index (χ2n) is 6.83. The summed E-state index contributed by atoms with van der Waals surface area (Å²) >= 11 is 0. The number of hydrogen-bond acceptors (Lipinski definition) is 5. The zero-order chi connectivity index (χ0) is 17.7. The van der Waals surface area contributed by atoms with Crippen LogP contribution in [0.3, 0.4) is 0 Å². The number of para-hydroxylation sites is 1. The number of aromatic nitrogens is 4. The Morgan fingerprint density at radius 2 is 2.00 bits per heavy atom. The summed E-state index contributed by atoms with van der Waals surface area (Å²) in [5, 5.41) is 12.8. The molecule has 132 valence electrons. The predicted octanol–water partition coefficient (Wildman–Crippen LogP) is 3.11. The largest absolute Gasteiger partial charge is 0.423 e. The molecule has 0 radical (unpaired) electrons. The van der Waals surface area contributed by atoms with Crippen LogP contribution >= 0.6 is 0 Å². The number of anilines is 1. The maximum atomic E-state index is 13.2. The van der Waals surface area contributed by atoms with Crippen molar-refractivity contribution in [2.45, 2.75) is 44.7 Å². The molecule has 1 unspecified atom stereocenters. The average Bonchev–Trinajstić information content (AvgIpc) is 3.12. The van der Waals surface area contributed by atoms with Gasteiger partial charge in [0.15, 0.2) is 5.69 Å². The number of carbonyl (C=O) groups excluding carboxylic acids is 1. The van der Waals surface area contributed by atoms with Crippen molar-refractivity contribution in [3.63, 3.8) is 0 Å². The van der Waals surface area contributed by atoms with Crippen LogP contribution in [0.2, 0.25) is 0 Å². The molecule has 0 spiro atoms. The predicted molar refractivity (Wildman–Crippen MR) is 93.9 cm³/mol. The third-order valence-electron chi connectivity index (χ3n) is 5.05. The van der Waals surface area contributed by atoms with Gasteiger partial charge in [0.05, 0.1) is 0 Å². The van der Waals surface area contributed by atoms with E-state index in [2.05, 4.69) is 15.3 Å². The minimum absolute atomic E-state index is 0.140. The summed E-state index contributed by atoms with van der Waals surface area (Å²) in [5.74, 6) is 1.45. The molecule has 1 aromatic carbocycles. The number of fused-ring (bicyclic) bond motifs is 1. The number of nitrogens with zero attached hydrogens (tertiary/aromatic N) is 5. The summed E-state index contributed by atoms with van der Waals surface area (Å²) in [6.07, 6.45) is 4.69. The van der Waals surface area contributed by atoms with Crippen molar-refractivity contribution in [1.82, 2.24) is 20.0 Å². The van der Waals surface area contributed by atoms with Gasteiger partial charge in [-0.05, 0) is 37.5 Å². The fraction of sp³-hybridized carbons (Fsp3) is 0.368. The van der Waals surface area contributed by atoms with Crippen molar-refractivity contribution in [2.24, 2.45) is 0 Å². The Balaban J connectivity index is 1.54. The molecule has 1 aliphatic carbocycles. The number of hydrogen-bond donors (Lipinski definition) is 0. The molecule has 1 atom stereocenters. The Kier molecular flexibility index (Phi) is 3.41. The summed E-state index contributed by atoms with van der Waals surface area (Å²) in [4.78, 5) is 15.0.